The van der Waals surface area contributed by atoms with Gasteiger partial charge in [0.15, 0.2) is 0 Å². The molecular weight excluding hydrogens is 262 g/mol. The van der Waals surface area contributed by atoms with Crippen molar-refractivity contribution in [3.63, 3.8) is 0 Å². The van der Waals surface area contributed by atoms with Crippen LogP contribution in [-0.2, 0) is 0 Å². The molecule has 1 aliphatic rings. The quantitative estimate of drug-likeness (QED) is 0.924. The van der Waals surface area contributed by atoms with Crippen molar-refractivity contribution in [2.75, 3.05) is 24.4 Å². The van der Waals surface area contributed by atoms with Crippen LogP contribution >= 0.6 is 23.5 Å². The summed E-state index contributed by atoms with van der Waals surface area (Å²) < 4.78 is 5.52. The molecule has 0 saturated carbocycles. The second-order valence-corrected chi connectivity index (χ2v) is 7.20. The molecule has 1 aromatic carbocycles. The minimum atomic E-state index is 0.0679. The second-order valence-electron chi connectivity index (χ2n) is 4.71. The van der Waals surface area contributed by atoms with Gasteiger partial charge in [-0.3, -0.25) is 0 Å². The predicted octanol–water partition coefficient (Wildman–Crippen LogP) is 3.16. The fourth-order valence-corrected chi connectivity index (χ4v) is 5.22. The lowest BCUT2D eigenvalue weighted by Gasteiger charge is -2.29. The number of nitrogens with two attached hydrogens (primary N) is 1. The van der Waals surface area contributed by atoms with Gasteiger partial charge in [0.05, 0.1) is 7.11 Å². The minimum Gasteiger partial charge on any atom is -0.496 e. The Labute approximate surface area is 118 Å². The van der Waals surface area contributed by atoms with Crippen molar-refractivity contribution in [2.24, 2.45) is 5.73 Å². The summed E-state index contributed by atoms with van der Waals surface area (Å²) in [6.45, 7) is 4.22. The van der Waals surface area contributed by atoms with Crippen molar-refractivity contribution in [1.29, 1.82) is 0 Å². The highest BCUT2D eigenvalue weighted by molar-refractivity contribution is 8.06. The molecule has 1 fully saturated rings. The molecule has 0 radical (unpaired) electrons. The standard InChI is InChI=1S/C14H21NOS2/c1-9-6-10(2)13(11(7-9)16-3)14(15)12-8-17-4-5-18-12/h6-7,12,14H,4-5,8,15H2,1-3H3. The first-order chi connectivity index (χ1) is 8.63. The molecule has 2 atom stereocenters. The third kappa shape index (κ3) is 2.98. The first kappa shape index (κ1) is 14.1. The Balaban J connectivity index is 2.30. The highest BCUT2D eigenvalue weighted by Crippen LogP contribution is 2.37. The lowest BCUT2D eigenvalue weighted by Crippen LogP contribution is -2.29. The number of rotatable bonds is 3. The molecule has 1 aromatic rings. The monoisotopic (exact) mass is 283 g/mol. The van der Waals surface area contributed by atoms with Crippen molar-refractivity contribution in [1.82, 2.24) is 0 Å². The average Bonchev–Trinajstić information content (AvgIpc) is 2.38. The van der Waals surface area contributed by atoms with Gasteiger partial charge in [-0.25, -0.2) is 0 Å². The summed E-state index contributed by atoms with van der Waals surface area (Å²) in [6.07, 6.45) is 0. The van der Waals surface area contributed by atoms with Crippen LogP contribution < -0.4 is 10.5 Å². The Bertz CT molecular complexity index is 417. The molecule has 18 heavy (non-hydrogen) atoms. The van der Waals surface area contributed by atoms with Gasteiger partial charge in [0.2, 0.25) is 0 Å². The summed E-state index contributed by atoms with van der Waals surface area (Å²) in [6, 6.07) is 4.35. The normalized spacial score (nSPS) is 21.7. The molecule has 0 aliphatic carbocycles. The lowest BCUT2D eigenvalue weighted by atomic mass is 9.96. The summed E-state index contributed by atoms with van der Waals surface area (Å²) in [5.74, 6) is 4.53. The van der Waals surface area contributed by atoms with Crippen LogP contribution in [0.3, 0.4) is 0 Å². The highest BCUT2D eigenvalue weighted by atomic mass is 32.2. The zero-order valence-corrected chi connectivity index (χ0v) is 12.9. The molecule has 2 unspecified atom stereocenters. The minimum absolute atomic E-state index is 0.0679. The topological polar surface area (TPSA) is 35.2 Å². The van der Waals surface area contributed by atoms with Crippen molar-refractivity contribution in [3.8, 4) is 5.75 Å². The van der Waals surface area contributed by atoms with Gasteiger partial charge in [-0.15, -0.1) is 0 Å². The van der Waals surface area contributed by atoms with Crippen LogP contribution in [0.5, 0.6) is 5.75 Å². The molecule has 0 spiro atoms. The van der Waals surface area contributed by atoms with E-state index in [2.05, 4.69) is 26.0 Å². The summed E-state index contributed by atoms with van der Waals surface area (Å²) in [5, 5.41) is 0.499. The van der Waals surface area contributed by atoms with Crippen LogP contribution in [0, 0.1) is 13.8 Å². The second kappa shape index (κ2) is 6.22. The predicted molar refractivity (Wildman–Crippen MR) is 83.0 cm³/mol. The number of hydrogen-bond donors (Lipinski definition) is 1. The van der Waals surface area contributed by atoms with Gasteiger partial charge in [-0.05, 0) is 31.0 Å². The summed E-state index contributed by atoms with van der Waals surface area (Å²) in [4.78, 5) is 0. The van der Waals surface area contributed by atoms with E-state index in [-0.39, 0.29) is 6.04 Å². The number of methoxy groups -OCH3 is 1. The summed E-state index contributed by atoms with van der Waals surface area (Å²) in [7, 11) is 1.73. The van der Waals surface area contributed by atoms with Crippen molar-refractivity contribution in [3.05, 3.63) is 28.8 Å². The average molecular weight is 283 g/mol. The Morgan fingerprint density at radius 3 is 2.72 bits per heavy atom. The Hall–Kier alpha value is -0.320. The Morgan fingerprint density at radius 1 is 1.33 bits per heavy atom. The van der Waals surface area contributed by atoms with Crippen LogP contribution in [-0.4, -0.2) is 29.6 Å². The fraction of sp³-hybridized carbons (Fsp3) is 0.571. The molecule has 2 nitrogen and oxygen atoms in total. The molecular formula is C14H21NOS2. The van der Waals surface area contributed by atoms with E-state index in [1.807, 2.05) is 23.5 Å². The van der Waals surface area contributed by atoms with E-state index in [0.717, 1.165) is 11.5 Å². The maximum atomic E-state index is 6.48. The SMILES string of the molecule is COc1cc(C)cc(C)c1C(N)C1CSCCS1. The van der Waals surface area contributed by atoms with Crippen LogP contribution in [0.15, 0.2) is 12.1 Å². The van der Waals surface area contributed by atoms with Gasteiger partial charge in [-0.1, -0.05) is 6.07 Å². The van der Waals surface area contributed by atoms with Gasteiger partial charge in [0, 0.05) is 34.1 Å². The van der Waals surface area contributed by atoms with Gasteiger partial charge >= 0.3 is 0 Å². The number of aryl methyl sites for hydroxylation is 2. The van der Waals surface area contributed by atoms with E-state index in [1.54, 1.807) is 7.11 Å². The first-order valence-corrected chi connectivity index (χ1v) is 8.44. The smallest absolute Gasteiger partial charge is 0.124 e. The zero-order chi connectivity index (χ0) is 13.1. The van der Waals surface area contributed by atoms with Crippen molar-refractivity contribution < 1.29 is 4.74 Å². The van der Waals surface area contributed by atoms with Gasteiger partial charge in [-0.2, -0.15) is 23.5 Å². The Kier molecular flexibility index (Phi) is 4.87. The van der Waals surface area contributed by atoms with E-state index >= 15 is 0 Å². The zero-order valence-electron chi connectivity index (χ0n) is 11.2. The third-order valence-electron chi connectivity index (χ3n) is 3.29. The molecule has 4 heteroatoms. The number of benzene rings is 1. The van der Waals surface area contributed by atoms with Crippen molar-refractivity contribution in [2.45, 2.75) is 25.1 Å². The summed E-state index contributed by atoms with van der Waals surface area (Å²) >= 11 is 4.00. The van der Waals surface area contributed by atoms with Crippen molar-refractivity contribution >= 4 is 23.5 Å². The van der Waals surface area contributed by atoms with Crippen LogP contribution in [0.4, 0.5) is 0 Å². The molecule has 0 amide bonds. The number of thioether (sulfide) groups is 2. The number of hydrogen-bond acceptors (Lipinski definition) is 4. The lowest BCUT2D eigenvalue weighted by molar-refractivity contribution is 0.404. The molecule has 1 saturated heterocycles. The molecule has 1 aliphatic heterocycles. The molecule has 0 aromatic heterocycles. The Morgan fingerprint density at radius 2 is 2.11 bits per heavy atom. The maximum absolute atomic E-state index is 6.48. The van der Waals surface area contributed by atoms with E-state index in [4.69, 9.17) is 10.5 Å². The van der Waals surface area contributed by atoms with E-state index in [9.17, 15) is 0 Å². The molecule has 0 bridgehead atoms. The fourth-order valence-electron chi connectivity index (χ4n) is 2.44. The first-order valence-electron chi connectivity index (χ1n) is 6.23. The van der Waals surface area contributed by atoms with Gasteiger partial charge in [0.1, 0.15) is 5.75 Å². The van der Waals surface area contributed by atoms with Crippen LogP contribution in [0.2, 0.25) is 0 Å². The number of ether oxygens (including phenoxy) is 1. The molecule has 2 rings (SSSR count). The molecule has 100 valence electrons. The van der Waals surface area contributed by atoms with E-state index < -0.39 is 0 Å². The largest absolute Gasteiger partial charge is 0.496 e. The molecule has 1 heterocycles. The highest BCUT2D eigenvalue weighted by Gasteiger charge is 2.26. The summed E-state index contributed by atoms with van der Waals surface area (Å²) in [5.41, 5.74) is 10.1. The van der Waals surface area contributed by atoms with Gasteiger partial charge < -0.3 is 10.5 Å². The maximum Gasteiger partial charge on any atom is 0.124 e. The van der Waals surface area contributed by atoms with Gasteiger partial charge in [0.25, 0.3) is 0 Å². The van der Waals surface area contributed by atoms with Crippen LogP contribution in [0.1, 0.15) is 22.7 Å². The van der Waals surface area contributed by atoms with E-state index in [1.165, 1.54) is 28.2 Å². The van der Waals surface area contributed by atoms with Crippen LogP contribution in [0.25, 0.3) is 0 Å². The van der Waals surface area contributed by atoms with E-state index in [0.29, 0.717) is 5.25 Å². The third-order valence-corrected chi connectivity index (χ3v) is 6.17. The molecule has 2 N–H and O–H groups in total.